The van der Waals surface area contributed by atoms with Crippen molar-refractivity contribution >= 4 is 21.7 Å². The van der Waals surface area contributed by atoms with Gasteiger partial charge in [0, 0.05) is 11.5 Å². The van der Waals surface area contributed by atoms with Crippen LogP contribution in [0.3, 0.4) is 0 Å². The van der Waals surface area contributed by atoms with E-state index in [0.29, 0.717) is 5.92 Å². The molecule has 126 valence electrons. The Morgan fingerprint density at radius 2 is 1.84 bits per heavy atom. The lowest BCUT2D eigenvalue weighted by Crippen LogP contribution is -2.30. The third-order valence-electron chi connectivity index (χ3n) is 4.90. The summed E-state index contributed by atoms with van der Waals surface area (Å²) in [6, 6.07) is 15.5. The molecule has 25 heavy (non-hydrogen) atoms. The van der Waals surface area contributed by atoms with Crippen molar-refractivity contribution in [3.63, 3.8) is 0 Å². The van der Waals surface area contributed by atoms with Crippen LogP contribution in [0.5, 0.6) is 0 Å². The molecule has 0 unspecified atom stereocenters. The lowest BCUT2D eigenvalue weighted by atomic mass is 9.95. The first kappa shape index (κ1) is 15.9. The fourth-order valence-corrected chi connectivity index (χ4v) is 3.73. The first-order valence-corrected chi connectivity index (χ1v) is 8.92. The average Bonchev–Trinajstić information content (AvgIpc) is 3.01. The van der Waals surface area contributed by atoms with Gasteiger partial charge in [0.1, 0.15) is 12.6 Å². The fourth-order valence-electron chi connectivity index (χ4n) is 3.73. The first-order chi connectivity index (χ1) is 12.0. The smallest absolute Gasteiger partial charge is 0.220 e. The molecule has 0 N–H and O–H groups in total. The van der Waals surface area contributed by atoms with Gasteiger partial charge in [-0.25, -0.2) is 4.57 Å². The highest BCUT2D eigenvalue weighted by Crippen LogP contribution is 2.32. The highest BCUT2D eigenvalue weighted by molar-refractivity contribution is 5.96. The zero-order chi connectivity index (χ0) is 17.6. The summed E-state index contributed by atoms with van der Waals surface area (Å²) >= 11 is 0. The van der Waals surface area contributed by atoms with Crippen molar-refractivity contribution in [3.8, 4) is 11.3 Å². The van der Waals surface area contributed by atoms with Gasteiger partial charge in [0.15, 0.2) is 6.20 Å². The van der Waals surface area contributed by atoms with Gasteiger partial charge in [-0.15, -0.1) is 0 Å². The minimum absolute atomic E-state index is 0.667. The Balaban J connectivity index is 1.96. The highest BCUT2D eigenvalue weighted by atomic mass is 16.3. The van der Waals surface area contributed by atoms with Gasteiger partial charge >= 0.3 is 0 Å². The fraction of sp³-hybridized carbons (Fsp3) is 0.261. The summed E-state index contributed by atoms with van der Waals surface area (Å²) in [6.07, 6.45) is 5.03. The van der Waals surface area contributed by atoms with E-state index < -0.39 is 0 Å². The van der Waals surface area contributed by atoms with E-state index in [1.807, 2.05) is 6.07 Å². The third kappa shape index (κ3) is 2.82. The van der Waals surface area contributed by atoms with Gasteiger partial charge in [0.05, 0.1) is 17.2 Å². The summed E-state index contributed by atoms with van der Waals surface area (Å²) in [5.74, 6) is 0.667. The molecular weight excluding hydrogens is 306 g/mol. The summed E-state index contributed by atoms with van der Waals surface area (Å²) in [5, 5.41) is 3.74. The Morgan fingerprint density at radius 1 is 1.00 bits per heavy atom. The van der Waals surface area contributed by atoms with Gasteiger partial charge in [-0.1, -0.05) is 26.0 Å². The summed E-state index contributed by atoms with van der Waals surface area (Å²) in [6.45, 7) is 6.71. The molecule has 0 aliphatic rings. The van der Waals surface area contributed by atoms with E-state index in [1.165, 1.54) is 33.2 Å². The van der Waals surface area contributed by atoms with Crippen LogP contribution in [0, 0.1) is 12.8 Å². The van der Waals surface area contributed by atoms with Crippen molar-refractivity contribution in [3.05, 3.63) is 66.1 Å². The molecule has 0 spiro atoms. The maximum atomic E-state index is 5.64. The molecule has 0 saturated carbocycles. The van der Waals surface area contributed by atoms with Crippen molar-refractivity contribution < 1.29 is 8.98 Å². The maximum absolute atomic E-state index is 5.64. The number of aromatic nitrogens is 1. The number of fused-ring (bicyclic) bond motifs is 2. The zero-order valence-electron chi connectivity index (χ0n) is 15.3. The van der Waals surface area contributed by atoms with E-state index in [4.69, 9.17) is 4.42 Å². The van der Waals surface area contributed by atoms with E-state index in [9.17, 15) is 0 Å². The molecule has 0 radical (unpaired) electrons. The Bertz CT molecular complexity index is 1070. The normalized spacial score (nSPS) is 11.7. The second-order valence-electron chi connectivity index (χ2n) is 7.42. The largest absolute Gasteiger partial charge is 0.464 e. The van der Waals surface area contributed by atoms with Crippen molar-refractivity contribution in [1.82, 2.24) is 0 Å². The minimum Gasteiger partial charge on any atom is -0.464 e. The third-order valence-corrected chi connectivity index (χ3v) is 4.90. The first-order valence-electron chi connectivity index (χ1n) is 8.92. The molecule has 2 heterocycles. The van der Waals surface area contributed by atoms with Crippen LogP contribution in [-0.4, -0.2) is 0 Å². The van der Waals surface area contributed by atoms with Crippen LogP contribution in [0.2, 0.25) is 0 Å². The Hall–Kier alpha value is -2.61. The molecule has 0 atom stereocenters. The second-order valence-corrected chi connectivity index (χ2v) is 7.42. The van der Waals surface area contributed by atoms with Gasteiger partial charge in [-0.2, -0.15) is 0 Å². The summed E-state index contributed by atoms with van der Waals surface area (Å²) in [7, 11) is 2.11. The van der Waals surface area contributed by atoms with Gasteiger partial charge in [0.25, 0.3) is 0 Å². The van der Waals surface area contributed by atoms with Gasteiger partial charge in [-0.05, 0) is 60.0 Å². The predicted octanol–water partition coefficient (Wildman–Crippen LogP) is 5.58. The lowest BCUT2D eigenvalue weighted by molar-refractivity contribution is -0.659. The van der Waals surface area contributed by atoms with Gasteiger partial charge in [0.2, 0.25) is 5.69 Å². The standard InChI is InChI=1S/C23H24NO/c1-15(2)11-17-5-6-20-18(13-17)7-9-24(4)23(20)21-14-22-19(8-10-25-22)12-16(21)3/h5-10,12-15H,11H2,1-4H3/q+1. The molecule has 0 bridgehead atoms. The molecule has 0 amide bonds. The SMILES string of the molecule is Cc1cc2ccoc2cc1-c1c2ccc(CC(C)C)cc2cc[n+]1C. The predicted molar refractivity (Wildman–Crippen MR) is 104 cm³/mol. The monoisotopic (exact) mass is 330 g/mol. The molecule has 4 rings (SSSR count). The number of hydrogen-bond donors (Lipinski definition) is 0. The number of pyridine rings is 1. The number of hydrogen-bond acceptors (Lipinski definition) is 1. The number of furan rings is 1. The van der Waals surface area contributed by atoms with Crippen LogP contribution >= 0.6 is 0 Å². The van der Waals surface area contributed by atoms with E-state index in [0.717, 1.165) is 17.4 Å². The molecule has 2 nitrogen and oxygen atoms in total. The number of rotatable bonds is 3. The summed E-state index contributed by atoms with van der Waals surface area (Å²) < 4.78 is 7.85. The number of aryl methyl sites for hydroxylation is 2. The minimum atomic E-state index is 0.667. The Labute approximate surface area is 148 Å². The van der Waals surface area contributed by atoms with Crippen LogP contribution in [0.4, 0.5) is 0 Å². The van der Waals surface area contributed by atoms with Gasteiger partial charge in [-0.3, -0.25) is 0 Å². The Kier molecular flexibility index (Phi) is 3.84. The van der Waals surface area contributed by atoms with Crippen LogP contribution < -0.4 is 4.57 Å². The van der Waals surface area contributed by atoms with Crippen molar-refractivity contribution in [2.45, 2.75) is 27.2 Å². The highest BCUT2D eigenvalue weighted by Gasteiger charge is 2.18. The summed E-state index contributed by atoms with van der Waals surface area (Å²) in [5.41, 5.74) is 6.08. The quantitative estimate of drug-likeness (QED) is 0.448. The molecular formula is C23H24NO+. The molecule has 4 aromatic rings. The van der Waals surface area contributed by atoms with Gasteiger partial charge < -0.3 is 4.42 Å². The van der Waals surface area contributed by atoms with Crippen LogP contribution in [0.1, 0.15) is 25.0 Å². The molecule has 2 aromatic carbocycles. The maximum Gasteiger partial charge on any atom is 0.220 e. The molecule has 0 fully saturated rings. The molecule has 2 heteroatoms. The summed E-state index contributed by atoms with van der Waals surface area (Å²) in [4.78, 5) is 0. The average molecular weight is 330 g/mol. The molecule has 2 aromatic heterocycles. The Morgan fingerprint density at radius 3 is 2.64 bits per heavy atom. The van der Waals surface area contributed by atoms with Crippen molar-refractivity contribution in [2.24, 2.45) is 13.0 Å². The van der Waals surface area contributed by atoms with Crippen molar-refractivity contribution in [2.75, 3.05) is 0 Å². The topological polar surface area (TPSA) is 17.0 Å². The molecule has 0 aliphatic carbocycles. The lowest BCUT2D eigenvalue weighted by Gasteiger charge is -2.10. The van der Waals surface area contributed by atoms with E-state index >= 15 is 0 Å². The van der Waals surface area contributed by atoms with Crippen LogP contribution in [0.25, 0.3) is 33.0 Å². The van der Waals surface area contributed by atoms with E-state index in [1.54, 1.807) is 6.26 Å². The zero-order valence-corrected chi connectivity index (χ0v) is 15.3. The van der Waals surface area contributed by atoms with Crippen LogP contribution in [0.15, 0.2) is 59.3 Å². The second kappa shape index (κ2) is 6.03. The van der Waals surface area contributed by atoms with Crippen molar-refractivity contribution in [1.29, 1.82) is 0 Å². The van der Waals surface area contributed by atoms with E-state index in [-0.39, 0.29) is 0 Å². The molecule has 0 aliphatic heterocycles. The number of benzene rings is 2. The van der Waals surface area contributed by atoms with E-state index in [2.05, 4.69) is 75.0 Å². The molecule has 0 saturated heterocycles. The number of nitrogens with zero attached hydrogens (tertiary/aromatic N) is 1. The van der Waals surface area contributed by atoms with Crippen LogP contribution in [-0.2, 0) is 13.5 Å².